The summed E-state index contributed by atoms with van der Waals surface area (Å²) in [5.74, 6) is -0.916. The minimum absolute atomic E-state index is 0. The van der Waals surface area contributed by atoms with Crippen molar-refractivity contribution in [1.29, 1.82) is 0 Å². The van der Waals surface area contributed by atoms with Crippen LogP contribution < -0.4 is 5.32 Å². The largest absolute Gasteiger partial charge is 0.339 e. The minimum Gasteiger partial charge on any atom is -0.339 e. The van der Waals surface area contributed by atoms with E-state index in [2.05, 4.69) is 5.32 Å². The van der Waals surface area contributed by atoms with Gasteiger partial charge in [0.25, 0.3) is 5.91 Å². The van der Waals surface area contributed by atoms with Crippen molar-refractivity contribution in [2.45, 2.75) is 6.42 Å². The Morgan fingerprint density at radius 3 is 2.39 bits per heavy atom. The highest BCUT2D eigenvalue weighted by Gasteiger charge is 2.25. The van der Waals surface area contributed by atoms with Crippen LogP contribution in [0.5, 0.6) is 0 Å². The zero-order chi connectivity index (χ0) is 16.1. The van der Waals surface area contributed by atoms with Crippen LogP contribution in [0.15, 0.2) is 18.2 Å². The van der Waals surface area contributed by atoms with E-state index in [0.717, 1.165) is 6.07 Å². The first-order valence-electron chi connectivity index (χ1n) is 7.19. The van der Waals surface area contributed by atoms with Gasteiger partial charge >= 0.3 is 0 Å². The molecule has 128 valence electrons. The zero-order valence-electron chi connectivity index (χ0n) is 12.8. The molecule has 0 saturated carbocycles. The second-order valence-electron chi connectivity index (χ2n) is 5.15. The summed E-state index contributed by atoms with van der Waals surface area (Å²) >= 11 is 5.69. The third-order valence-electron chi connectivity index (χ3n) is 3.67. The molecule has 0 atom stereocenters. The summed E-state index contributed by atoms with van der Waals surface area (Å²) in [6.45, 7) is 2.40. The summed E-state index contributed by atoms with van der Waals surface area (Å²) in [5, 5.41) is 3.19. The number of hydrogen-bond acceptors (Lipinski definition) is 3. The molecule has 1 aromatic rings. The summed E-state index contributed by atoms with van der Waals surface area (Å²) in [6, 6.07) is 4.02. The van der Waals surface area contributed by atoms with E-state index in [1.807, 2.05) is 0 Å². The van der Waals surface area contributed by atoms with E-state index in [1.54, 1.807) is 16.8 Å². The first-order chi connectivity index (χ1) is 10.5. The molecule has 1 aliphatic rings. The van der Waals surface area contributed by atoms with Gasteiger partial charge in [-0.2, -0.15) is 0 Å². The van der Waals surface area contributed by atoms with Crippen molar-refractivity contribution in [3.8, 4) is 0 Å². The van der Waals surface area contributed by atoms with Gasteiger partial charge in [0.15, 0.2) is 0 Å². The molecule has 1 N–H and O–H groups in total. The number of rotatable bonds is 4. The molecule has 5 nitrogen and oxygen atoms in total. The quantitative estimate of drug-likeness (QED) is 0.887. The second kappa shape index (κ2) is 9.05. The molecular formula is C15H20Cl2FN3O2. The molecule has 0 aliphatic carbocycles. The van der Waals surface area contributed by atoms with Crippen molar-refractivity contribution in [3.05, 3.63) is 34.6 Å². The number of hydrogen-bond donors (Lipinski definition) is 1. The van der Waals surface area contributed by atoms with Gasteiger partial charge in [-0.15, -0.1) is 12.4 Å². The minimum atomic E-state index is -0.620. The Balaban J connectivity index is 0.00000264. The number of piperazine rings is 1. The lowest BCUT2D eigenvalue weighted by Gasteiger charge is -2.35. The third-order valence-corrected chi connectivity index (χ3v) is 3.91. The number of nitrogens with one attached hydrogen (secondary N) is 1. The molecule has 1 aliphatic heterocycles. The lowest BCUT2D eigenvalue weighted by atomic mass is 10.1. The van der Waals surface area contributed by atoms with Crippen molar-refractivity contribution in [2.24, 2.45) is 0 Å². The monoisotopic (exact) mass is 363 g/mol. The number of nitrogens with zero attached hydrogens (tertiary/aromatic N) is 2. The summed E-state index contributed by atoms with van der Waals surface area (Å²) in [6.07, 6.45) is 0.441. The van der Waals surface area contributed by atoms with Crippen molar-refractivity contribution in [2.75, 3.05) is 39.8 Å². The van der Waals surface area contributed by atoms with Gasteiger partial charge in [-0.3, -0.25) is 9.59 Å². The molecule has 0 bridgehead atoms. The molecular weight excluding hydrogens is 344 g/mol. The molecule has 0 spiro atoms. The predicted octanol–water partition coefficient (Wildman–Crippen LogP) is 1.79. The van der Waals surface area contributed by atoms with Crippen molar-refractivity contribution in [3.63, 3.8) is 0 Å². The average molecular weight is 364 g/mol. The van der Waals surface area contributed by atoms with Crippen molar-refractivity contribution >= 4 is 35.8 Å². The highest BCUT2D eigenvalue weighted by molar-refractivity contribution is 6.30. The van der Waals surface area contributed by atoms with Gasteiger partial charge in [-0.05, 0) is 25.2 Å². The molecule has 23 heavy (non-hydrogen) atoms. The Morgan fingerprint density at radius 1 is 1.22 bits per heavy atom. The van der Waals surface area contributed by atoms with Crippen LogP contribution in [-0.4, -0.2) is 61.4 Å². The third kappa shape index (κ3) is 5.06. The number of carbonyl (C=O) groups is 2. The molecule has 2 rings (SSSR count). The summed E-state index contributed by atoms with van der Waals surface area (Å²) in [5.41, 5.74) is 0.0133. The average Bonchev–Trinajstić information content (AvgIpc) is 2.52. The van der Waals surface area contributed by atoms with Gasteiger partial charge in [0.2, 0.25) is 5.91 Å². The van der Waals surface area contributed by atoms with Crippen LogP contribution in [0.4, 0.5) is 4.39 Å². The smallest absolute Gasteiger partial charge is 0.256 e. The Labute approximate surface area is 146 Å². The van der Waals surface area contributed by atoms with Gasteiger partial charge in [0, 0.05) is 44.2 Å². The fourth-order valence-electron chi connectivity index (χ4n) is 2.38. The van der Waals surface area contributed by atoms with Gasteiger partial charge in [0.05, 0.1) is 5.56 Å². The number of halogens is 3. The maximum absolute atomic E-state index is 13.8. The Morgan fingerprint density at radius 2 is 1.83 bits per heavy atom. The van der Waals surface area contributed by atoms with Crippen molar-refractivity contribution < 1.29 is 14.0 Å². The van der Waals surface area contributed by atoms with Gasteiger partial charge in [-0.1, -0.05) is 11.6 Å². The lowest BCUT2D eigenvalue weighted by molar-refractivity contribution is -0.132. The van der Waals surface area contributed by atoms with Crippen LogP contribution in [0, 0.1) is 5.82 Å². The fourth-order valence-corrected chi connectivity index (χ4v) is 2.54. The molecule has 1 saturated heterocycles. The molecule has 0 aromatic heterocycles. The van der Waals surface area contributed by atoms with E-state index in [4.69, 9.17) is 11.6 Å². The van der Waals surface area contributed by atoms with Crippen LogP contribution in [0.3, 0.4) is 0 Å². The first-order valence-corrected chi connectivity index (χ1v) is 7.57. The molecule has 2 amide bonds. The van der Waals surface area contributed by atoms with Gasteiger partial charge in [0.1, 0.15) is 5.82 Å². The predicted molar refractivity (Wildman–Crippen MR) is 89.7 cm³/mol. The Kier molecular flexibility index (Phi) is 7.75. The van der Waals surface area contributed by atoms with E-state index in [1.165, 1.54) is 12.1 Å². The molecule has 1 heterocycles. The lowest BCUT2D eigenvalue weighted by Crippen LogP contribution is -2.51. The molecule has 0 unspecified atom stereocenters. The fraction of sp³-hybridized carbons (Fsp3) is 0.467. The molecule has 1 aromatic carbocycles. The van der Waals surface area contributed by atoms with Crippen LogP contribution in [0.2, 0.25) is 5.02 Å². The first kappa shape index (κ1) is 19.7. The van der Waals surface area contributed by atoms with E-state index in [9.17, 15) is 14.0 Å². The van der Waals surface area contributed by atoms with Crippen molar-refractivity contribution in [1.82, 2.24) is 15.1 Å². The molecule has 8 heteroatoms. The van der Waals surface area contributed by atoms with Gasteiger partial charge < -0.3 is 15.1 Å². The van der Waals surface area contributed by atoms with E-state index in [-0.39, 0.29) is 34.8 Å². The van der Waals surface area contributed by atoms with Crippen LogP contribution >= 0.6 is 24.0 Å². The maximum Gasteiger partial charge on any atom is 0.256 e. The second-order valence-corrected chi connectivity index (χ2v) is 5.59. The highest BCUT2D eigenvalue weighted by Crippen LogP contribution is 2.17. The highest BCUT2D eigenvalue weighted by atomic mass is 35.5. The van der Waals surface area contributed by atoms with E-state index < -0.39 is 5.82 Å². The molecule has 1 fully saturated rings. The SMILES string of the molecule is CNCCC(=O)N1CCN(C(=O)c2ccc(Cl)cc2F)CC1.Cl. The maximum atomic E-state index is 13.8. The number of benzene rings is 1. The molecule has 0 radical (unpaired) electrons. The van der Waals surface area contributed by atoms with Crippen LogP contribution in [0.25, 0.3) is 0 Å². The Hall–Kier alpha value is -1.37. The standard InChI is InChI=1S/C15H19ClFN3O2.ClH/c1-18-5-4-14(21)19-6-8-20(9-7-19)15(22)12-3-2-11(16)10-13(12)17;/h2-3,10,18H,4-9H2,1H3;1H. The zero-order valence-corrected chi connectivity index (χ0v) is 14.4. The van der Waals surface area contributed by atoms with E-state index in [0.29, 0.717) is 39.1 Å². The summed E-state index contributed by atoms with van der Waals surface area (Å²) in [4.78, 5) is 27.5. The number of carbonyl (C=O) groups excluding carboxylic acids is 2. The topological polar surface area (TPSA) is 52.7 Å². The van der Waals surface area contributed by atoms with Crippen LogP contribution in [0.1, 0.15) is 16.8 Å². The Bertz CT molecular complexity index is 564. The number of amides is 2. The summed E-state index contributed by atoms with van der Waals surface area (Å²) in [7, 11) is 1.80. The normalized spacial score (nSPS) is 14.4. The van der Waals surface area contributed by atoms with Crippen LogP contribution in [-0.2, 0) is 4.79 Å². The van der Waals surface area contributed by atoms with Gasteiger partial charge in [-0.25, -0.2) is 4.39 Å². The summed E-state index contributed by atoms with van der Waals surface area (Å²) < 4.78 is 13.8. The van der Waals surface area contributed by atoms with E-state index >= 15 is 0 Å².